The molecule has 3 radical (unpaired) electrons. The molecule has 79 valence electrons. The summed E-state index contributed by atoms with van der Waals surface area (Å²) in [6.45, 7) is 5.26. The molecule has 0 bridgehead atoms. The highest BCUT2D eigenvalue weighted by molar-refractivity contribution is 6.13. The molecule has 0 aromatic heterocycles. The van der Waals surface area contributed by atoms with Crippen LogP contribution in [0.15, 0.2) is 12.2 Å². The number of rotatable bonds is 6. The molecular formula is C9H15O4Si. The van der Waals surface area contributed by atoms with Crippen LogP contribution in [0.1, 0.15) is 13.3 Å². The highest BCUT2D eigenvalue weighted by atomic mass is 28.1. The van der Waals surface area contributed by atoms with E-state index in [-0.39, 0.29) is 6.61 Å². The minimum atomic E-state index is -0.893. The molecule has 0 aliphatic heterocycles. The summed E-state index contributed by atoms with van der Waals surface area (Å²) in [7, 11) is 6.26. The molecule has 0 atom stereocenters. The van der Waals surface area contributed by atoms with Crippen LogP contribution >= 0.6 is 0 Å². The average molecular weight is 215 g/mol. The van der Waals surface area contributed by atoms with E-state index in [0.717, 1.165) is 0 Å². The van der Waals surface area contributed by atoms with E-state index in [2.05, 4.69) is 16.8 Å². The number of carbonyl (C=O) groups excluding carboxylic acids is 1. The van der Waals surface area contributed by atoms with Gasteiger partial charge in [0.2, 0.25) is 0 Å². The fourth-order valence-electron chi connectivity index (χ4n) is 0.689. The highest BCUT2D eigenvalue weighted by Crippen LogP contribution is 2.11. The van der Waals surface area contributed by atoms with Crippen molar-refractivity contribution in [3.8, 4) is 0 Å². The van der Waals surface area contributed by atoms with Crippen molar-refractivity contribution >= 4 is 16.2 Å². The fraction of sp³-hybridized carbons (Fsp3) is 0.667. The third-order valence-corrected chi connectivity index (χ3v) is 2.33. The number of ether oxygens (including phenoxy) is 3. The maximum atomic E-state index is 11.0. The topological polar surface area (TPSA) is 44.8 Å². The first kappa shape index (κ1) is 13.3. The van der Waals surface area contributed by atoms with E-state index in [9.17, 15) is 4.79 Å². The third-order valence-electron chi connectivity index (χ3n) is 1.67. The molecule has 0 aliphatic carbocycles. The van der Waals surface area contributed by atoms with Crippen LogP contribution in [0, 0.1) is 0 Å². The molecule has 0 amide bonds. The van der Waals surface area contributed by atoms with Crippen molar-refractivity contribution in [3.05, 3.63) is 12.2 Å². The zero-order valence-corrected chi connectivity index (χ0v) is 9.75. The van der Waals surface area contributed by atoms with Gasteiger partial charge in [0.05, 0.1) is 6.61 Å². The predicted octanol–water partition coefficient (Wildman–Crippen LogP) is 0.611. The Morgan fingerprint density at radius 3 is 2.29 bits per heavy atom. The van der Waals surface area contributed by atoms with E-state index in [1.807, 2.05) is 0 Å². The molecule has 0 saturated heterocycles. The molecule has 0 heterocycles. The first-order chi connectivity index (χ1) is 6.45. The monoisotopic (exact) mass is 215 g/mol. The molecule has 0 aromatic rings. The quantitative estimate of drug-likeness (QED) is 0.282. The Balaban J connectivity index is 3.83. The van der Waals surface area contributed by atoms with Crippen LogP contribution in [0.3, 0.4) is 0 Å². The maximum Gasteiger partial charge on any atom is 0.333 e. The van der Waals surface area contributed by atoms with E-state index in [1.54, 1.807) is 6.92 Å². The fourth-order valence-corrected chi connectivity index (χ4v) is 0.791. The lowest BCUT2D eigenvalue weighted by Gasteiger charge is -2.25. The lowest BCUT2D eigenvalue weighted by Crippen LogP contribution is -2.35. The Morgan fingerprint density at radius 1 is 1.43 bits per heavy atom. The molecule has 0 rings (SSSR count). The second-order valence-electron chi connectivity index (χ2n) is 2.83. The van der Waals surface area contributed by atoms with Gasteiger partial charge in [-0.05, 0) is 6.92 Å². The van der Waals surface area contributed by atoms with E-state index in [1.165, 1.54) is 14.2 Å². The van der Waals surface area contributed by atoms with Gasteiger partial charge in [-0.3, -0.25) is 0 Å². The lowest BCUT2D eigenvalue weighted by atomic mass is 10.3. The van der Waals surface area contributed by atoms with Gasteiger partial charge in [0.15, 0.2) is 0 Å². The smallest absolute Gasteiger partial charge is 0.333 e. The molecule has 0 N–H and O–H groups in total. The summed E-state index contributed by atoms with van der Waals surface area (Å²) in [5, 5.41) is 0. The normalized spacial score (nSPS) is 11.1. The lowest BCUT2D eigenvalue weighted by molar-refractivity contribution is -0.160. The third kappa shape index (κ3) is 4.55. The van der Waals surface area contributed by atoms with Gasteiger partial charge in [-0.2, -0.15) is 0 Å². The van der Waals surface area contributed by atoms with Gasteiger partial charge < -0.3 is 14.2 Å². The van der Waals surface area contributed by atoms with Gasteiger partial charge in [-0.1, -0.05) is 6.58 Å². The highest BCUT2D eigenvalue weighted by Gasteiger charge is 2.22. The molecule has 0 fully saturated rings. The number of methoxy groups -OCH3 is 2. The largest absolute Gasteiger partial charge is 0.462 e. The second kappa shape index (κ2) is 5.95. The van der Waals surface area contributed by atoms with E-state index in [0.29, 0.717) is 12.0 Å². The van der Waals surface area contributed by atoms with Crippen LogP contribution in [0.2, 0.25) is 0 Å². The number of carbonyl (C=O) groups is 1. The van der Waals surface area contributed by atoms with Gasteiger partial charge in [0.25, 0.3) is 0 Å². The van der Waals surface area contributed by atoms with Gasteiger partial charge in [0, 0.05) is 26.2 Å². The summed E-state index contributed by atoms with van der Waals surface area (Å²) in [5.41, 5.74) is -0.519. The average Bonchev–Trinajstić information content (AvgIpc) is 2.17. The first-order valence-corrected chi connectivity index (χ1v) is 4.63. The number of esters is 1. The summed E-state index contributed by atoms with van der Waals surface area (Å²) in [6, 6.07) is 0. The maximum absolute atomic E-state index is 11.0. The van der Waals surface area contributed by atoms with Gasteiger partial charge in [0.1, 0.15) is 15.7 Å². The van der Waals surface area contributed by atoms with Crippen molar-refractivity contribution in [3.63, 3.8) is 0 Å². The molecular weight excluding hydrogens is 200 g/mol. The zero-order valence-electron chi connectivity index (χ0n) is 8.75. The standard InChI is InChI=1S/C9H15O4Si/c1-7(2)8(10)13-6-5-9(14,11-3)12-4/h1,5-6H2,2-4H3. The molecule has 5 heteroatoms. The van der Waals surface area contributed by atoms with Crippen LogP contribution in [0.5, 0.6) is 0 Å². The first-order valence-electron chi connectivity index (χ1n) is 4.13. The van der Waals surface area contributed by atoms with E-state index in [4.69, 9.17) is 14.2 Å². The summed E-state index contributed by atoms with van der Waals surface area (Å²) in [6.07, 6.45) is 0.399. The summed E-state index contributed by atoms with van der Waals surface area (Å²) in [4.78, 5) is 11.0. The Bertz CT molecular complexity index is 211. The zero-order chi connectivity index (χ0) is 11.2. The van der Waals surface area contributed by atoms with Crippen LogP contribution in [-0.4, -0.2) is 42.4 Å². The summed E-state index contributed by atoms with van der Waals surface area (Å²) < 4.78 is 14.9. The van der Waals surface area contributed by atoms with E-state index < -0.39 is 11.4 Å². The molecule has 4 nitrogen and oxygen atoms in total. The van der Waals surface area contributed by atoms with Gasteiger partial charge >= 0.3 is 5.97 Å². The molecule has 0 aromatic carbocycles. The minimum Gasteiger partial charge on any atom is -0.462 e. The molecule has 14 heavy (non-hydrogen) atoms. The summed E-state index contributed by atoms with van der Waals surface area (Å²) in [5.74, 6) is -0.411. The number of hydrogen-bond acceptors (Lipinski definition) is 4. The Morgan fingerprint density at radius 2 is 1.93 bits per heavy atom. The SMILES string of the molecule is C=C(C)C(=O)OCCC([Si])(OC)OC. The van der Waals surface area contributed by atoms with Gasteiger partial charge in [-0.15, -0.1) is 0 Å². The molecule has 0 spiro atoms. The van der Waals surface area contributed by atoms with Crippen LogP contribution in [0.25, 0.3) is 0 Å². The predicted molar refractivity (Wildman–Crippen MR) is 52.9 cm³/mol. The van der Waals surface area contributed by atoms with Gasteiger partial charge in [-0.25, -0.2) is 4.79 Å². The van der Waals surface area contributed by atoms with Crippen molar-refractivity contribution in [2.75, 3.05) is 20.8 Å². The van der Waals surface area contributed by atoms with Crippen LogP contribution < -0.4 is 0 Å². The minimum absolute atomic E-state index is 0.205. The van der Waals surface area contributed by atoms with Crippen LogP contribution in [-0.2, 0) is 19.0 Å². The van der Waals surface area contributed by atoms with Crippen LogP contribution in [0.4, 0.5) is 0 Å². The molecule has 0 aliphatic rings. The van der Waals surface area contributed by atoms with Crippen molar-refractivity contribution in [1.82, 2.24) is 0 Å². The molecule has 0 unspecified atom stereocenters. The Hall–Kier alpha value is -0.653. The Kier molecular flexibility index (Phi) is 5.67. The molecule has 0 saturated carbocycles. The number of hydrogen-bond donors (Lipinski definition) is 0. The second-order valence-corrected chi connectivity index (χ2v) is 3.59. The Labute approximate surface area is 87.6 Å². The van der Waals surface area contributed by atoms with Crippen molar-refractivity contribution in [2.45, 2.75) is 18.8 Å². The van der Waals surface area contributed by atoms with Crippen molar-refractivity contribution in [1.29, 1.82) is 0 Å². The van der Waals surface area contributed by atoms with E-state index >= 15 is 0 Å². The van der Waals surface area contributed by atoms with Crippen molar-refractivity contribution in [2.24, 2.45) is 0 Å². The van der Waals surface area contributed by atoms with Crippen molar-refractivity contribution < 1.29 is 19.0 Å². The summed E-state index contributed by atoms with van der Waals surface area (Å²) >= 11 is 0.